The lowest BCUT2D eigenvalue weighted by Crippen LogP contribution is -2.14. The van der Waals surface area contributed by atoms with Crippen molar-refractivity contribution in [3.05, 3.63) is 59.7 Å². The number of carbonyl (C=O) groups excluding carboxylic acids is 1. The molecule has 0 saturated carbocycles. The summed E-state index contributed by atoms with van der Waals surface area (Å²) in [4.78, 5) is 11.6. The molecule has 3 aromatic rings. The minimum Gasteiger partial charge on any atom is -0.298 e. The lowest BCUT2D eigenvalue weighted by Gasteiger charge is -2.22. The molecule has 0 radical (unpaired) electrons. The second-order valence-electron chi connectivity index (χ2n) is 6.32. The first kappa shape index (κ1) is 12.9. The first-order chi connectivity index (χ1) is 9.50. The molecule has 0 amide bonds. The average Bonchev–Trinajstić information content (AvgIpc) is 2.42. The molecule has 100 valence electrons. The van der Waals surface area contributed by atoms with E-state index in [1.54, 1.807) is 0 Å². The molecular formula is C19H18O. The maximum atomic E-state index is 11.6. The monoisotopic (exact) mass is 262 g/mol. The second kappa shape index (κ2) is 4.45. The molecule has 0 unspecified atom stereocenters. The third kappa shape index (κ3) is 2.00. The second-order valence-corrected chi connectivity index (χ2v) is 6.32. The number of hydrogen-bond acceptors (Lipinski definition) is 1. The zero-order chi connectivity index (χ0) is 14.3. The van der Waals surface area contributed by atoms with Crippen LogP contribution in [0.3, 0.4) is 0 Å². The van der Waals surface area contributed by atoms with E-state index in [1.807, 2.05) is 12.1 Å². The van der Waals surface area contributed by atoms with E-state index in [4.69, 9.17) is 0 Å². The molecule has 0 aliphatic heterocycles. The molecule has 0 bridgehead atoms. The first-order valence-electron chi connectivity index (χ1n) is 6.92. The van der Waals surface area contributed by atoms with Crippen LogP contribution in [0.4, 0.5) is 0 Å². The average molecular weight is 262 g/mol. The zero-order valence-corrected chi connectivity index (χ0v) is 12.1. The minimum absolute atomic E-state index is 0.0317. The summed E-state index contributed by atoms with van der Waals surface area (Å²) >= 11 is 0. The van der Waals surface area contributed by atoms with Gasteiger partial charge in [0.05, 0.1) is 0 Å². The largest absolute Gasteiger partial charge is 0.298 e. The van der Waals surface area contributed by atoms with Crippen molar-refractivity contribution in [2.45, 2.75) is 26.2 Å². The standard InChI is InChI=1S/C19H18O/c1-19(2,3)18-9-8-15-10-13-6-4-5-7-14(13)11-16(15)17(18)12-20/h4-12H,1-3H3. The van der Waals surface area contributed by atoms with Crippen LogP contribution >= 0.6 is 0 Å². The predicted octanol–water partition coefficient (Wildman–Crippen LogP) is 5.10. The van der Waals surface area contributed by atoms with Crippen LogP contribution in [0, 0.1) is 0 Å². The highest BCUT2D eigenvalue weighted by Gasteiger charge is 2.19. The molecule has 0 atom stereocenters. The lowest BCUT2D eigenvalue weighted by atomic mass is 9.82. The summed E-state index contributed by atoms with van der Waals surface area (Å²) in [5.41, 5.74) is 1.90. The Kier molecular flexibility index (Phi) is 2.86. The van der Waals surface area contributed by atoms with Gasteiger partial charge in [0, 0.05) is 5.56 Å². The molecule has 0 N–H and O–H groups in total. The van der Waals surface area contributed by atoms with Gasteiger partial charge in [0.2, 0.25) is 0 Å². The van der Waals surface area contributed by atoms with E-state index in [-0.39, 0.29) is 5.41 Å². The number of hydrogen-bond donors (Lipinski definition) is 0. The predicted molar refractivity (Wildman–Crippen MR) is 85.5 cm³/mol. The van der Waals surface area contributed by atoms with E-state index < -0.39 is 0 Å². The third-order valence-corrected chi connectivity index (χ3v) is 3.85. The Morgan fingerprint density at radius 1 is 0.850 bits per heavy atom. The van der Waals surface area contributed by atoms with Gasteiger partial charge >= 0.3 is 0 Å². The van der Waals surface area contributed by atoms with Crippen molar-refractivity contribution in [2.75, 3.05) is 0 Å². The van der Waals surface area contributed by atoms with E-state index in [0.717, 1.165) is 28.2 Å². The Bertz CT molecular complexity index is 807. The summed E-state index contributed by atoms with van der Waals surface area (Å²) in [6.45, 7) is 6.42. The summed E-state index contributed by atoms with van der Waals surface area (Å²) in [7, 11) is 0. The quantitative estimate of drug-likeness (QED) is 0.440. The number of rotatable bonds is 1. The number of benzene rings is 3. The first-order valence-corrected chi connectivity index (χ1v) is 6.92. The molecule has 1 nitrogen and oxygen atoms in total. The molecule has 0 saturated heterocycles. The van der Waals surface area contributed by atoms with Crippen molar-refractivity contribution < 1.29 is 4.79 Å². The fourth-order valence-corrected chi connectivity index (χ4v) is 2.82. The van der Waals surface area contributed by atoms with Crippen LogP contribution in [0.25, 0.3) is 21.5 Å². The maximum absolute atomic E-state index is 11.6. The molecule has 0 aliphatic carbocycles. The molecule has 0 aromatic heterocycles. The summed E-state index contributed by atoms with van der Waals surface area (Å²) in [6.07, 6.45) is 0.998. The Morgan fingerprint density at radius 3 is 2.10 bits per heavy atom. The molecule has 0 spiro atoms. The van der Waals surface area contributed by atoms with Gasteiger partial charge in [-0.15, -0.1) is 0 Å². The molecular weight excluding hydrogens is 244 g/mol. The number of carbonyl (C=O) groups is 1. The molecule has 3 rings (SSSR count). The number of aldehydes is 1. The zero-order valence-electron chi connectivity index (χ0n) is 12.1. The van der Waals surface area contributed by atoms with Crippen molar-refractivity contribution >= 4 is 27.8 Å². The van der Waals surface area contributed by atoms with Crippen LogP contribution in [-0.4, -0.2) is 6.29 Å². The van der Waals surface area contributed by atoms with Gasteiger partial charge in [0.15, 0.2) is 6.29 Å². The minimum atomic E-state index is -0.0317. The van der Waals surface area contributed by atoms with E-state index in [1.165, 1.54) is 10.8 Å². The van der Waals surface area contributed by atoms with Gasteiger partial charge in [-0.3, -0.25) is 4.79 Å². The van der Waals surface area contributed by atoms with E-state index in [2.05, 4.69) is 57.2 Å². The smallest absolute Gasteiger partial charge is 0.150 e. The molecule has 0 fully saturated rings. The Balaban J connectivity index is 2.44. The SMILES string of the molecule is CC(C)(C)c1ccc2cc3ccccc3cc2c1C=O. The topological polar surface area (TPSA) is 17.1 Å². The molecule has 3 aromatic carbocycles. The van der Waals surface area contributed by atoms with Crippen molar-refractivity contribution in [3.8, 4) is 0 Å². The van der Waals surface area contributed by atoms with E-state index in [0.29, 0.717) is 0 Å². The fourth-order valence-electron chi connectivity index (χ4n) is 2.82. The van der Waals surface area contributed by atoms with E-state index >= 15 is 0 Å². The van der Waals surface area contributed by atoms with Crippen LogP contribution in [0.2, 0.25) is 0 Å². The van der Waals surface area contributed by atoms with Crippen molar-refractivity contribution in [1.82, 2.24) is 0 Å². The van der Waals surface area contributed by atoms with Gasteiger partial charge in [0.25, 0.3) is 0 Å². The molecule has 20 heavy (non-hydrogen) atoms. The summed E-state index contributed by atoms with van der Waals surface area (Å²) in [5, 5.41) is 4.56. The fraction of sp³-hybridized carbons (Fsp3) is 0.211. The Morgan fingerprint density at radius 2 is 1.50 bits per heavy atom. The lowest BCUT2D eigenvalue weighted by molar-refractivity contribution is 0.112. The van der Waals surface area contributed by atoms with Crippen molar-refractivity contribution in [2.24, 2.45) is 0 Å². The maximum Gasteiger partial charge on any atom is 0.150 e. The van der Waals surface area contributed by atoms with Gasteiger partial charge in [-0.1, -0.05) is 57.2 Å². The molecule has 0 heterocycles. The third-order valence-electron chi connectivity index (χ3n) is 3.85. The van der Waals surface area contributed by atoms with Crippen LogP contribution < -0.4 is 0 Å². The van der Waals surface area contributed by atoms with Crippen molar-refractivity contribution in [1.29, 1.82) is 0 Å². The van der Waals surface area contributed by atoms with Crippen LogP contribution in [0.5, 0.6) is 0 Å². The van der Waals surface area contributed by atoms with Gasteiger partial charge < -0.3 is 0 Å². The summed E-state index contributed by atoms with van der Waals surface area (Å²) in [5.74, 6) is 0. The van der Waals surface area contributed by atoms with Gasteiger partial charge in [-0.05, 0) is 44.7 Å². The van der Waals surface area contributed by atoms with Crippen LogP contribution in [0.15, 0.2) is 48.5 Å². The number of fused-ring (bicyclic) bond motifs is 2. The Hall–Kier alpha value is -2.15. The van der Waals surface area contributed by atoms with Gasteiger partial charge in [-0.25, -0.2) is 0 Å². The van der Waals surface area contributed by atoms with Crippen LogP contribution in [0.1, 0.15) is 36.7 Å². The molecule has 0 aliphatic rings. The molecule has 1 heteroatoms. The summed E-state index contributed by atoms with van der Waals surface area (Å²) in [6, 6.07) is 16.8. The normalized spacial score (nSPS) is 11.9. The highest BCUT2D eigenvalue weighted by molar-refractivity contribution is 6.06. The highest BCUT2D eigenvalue weighted by Crippen LogP contribution is 2.32. The Labute approximate surface area is 119 Å². The van der Waals surface area contributed by atoms with Gasteiger partial charge in [-0.2, -0.15) is 0 Å². The van der Waals surface area contributed by atoms with Crippen molar-refractivity contribution in [3.63, 3.8) is 0 Å². The van der Waals surface area contributed by atoms with E-state index in [9.17, 15) is 4.79 Å². The van der Waals surface area contributed by atoms with Gasteiger partial charge in [0.1, 0.15) is 0 Å². The highest BCUT2D eigenvalue weighted by atomic mass is 16.1. The summed E-state index contributed by atoms with van der Waals surface area (Å²) < 4.78 is 0. The van der Waals surface area contributed by atoms with Crippen LogP contribution in [-0.2, 0) is 5.41 Å².